The van der Waals surface area contributed by atoms with E-state index in [0.717, 1.165) is 23.7 Å². The van der Waals surface area contributed by atoms with E-state index < -0.39 is 0 Å². The third-order valence-electron chi connectivity index (χ3n) is 2.14. The maximum Gasteiger partial charge on any atom is 0.193 e. The van der Waals surface area contributed by atoms with Crippen molar-refractivity contribution in [3.63, 3.8) is 0 Å². The van der Waals surface area contributed by atoms with E-state index in [9.17, 15) is 0 Å². The van der Waals surface area contributed by atoms with E-state index in [-0.39, 0.29) is 0 Å². The van der Waals surface area contributed by atoms with Crippen molar-refractivity contribution in [1.82, 2.24) is 0 Å². The van der Waals surface area contributed by atoms with Gasteiger partial charge in [0.15, 0.2) is 11.6 Å². The van der Waals surface area contributed by atoms with Gasteiger partial charge in [0.25, 0.3) is 0 Å². The summed E-state index contributed by atoms with van der Waals surface area (Å²) in [5.74, 6) is 1.49. The topological polar surface area (TPSA) is 63.5 Å². The molecule has 0 aliphatic heterocycles. The van der Waals surface area contributed by atoms with Crippen molar-refractivity contribution in [2.45, 2.75) is 20.8 Å². The molecule has 0 aliphatic rings. The highest BCUT2D eigenvalue weighted by atomic mass is 16.4. The fraction of sp³-hybridized carbons (Fsp3) is 0.545. The maximum absolute atomic E-state index is 5.64. The molecule has 1 heterocycles. The van der Waals surface area contributed by atoms with Crippen LogP contribution in [0.4, 0.5) is 11.6 Å². The summed E-state index contributed by atoms with van der Waals surface area (Å²) in [6, 6.07) is 1.80. The van der Waals surface area contributed by atoms with E-state index in [1.54, 1.807) is 13.1 Å². The smallest absolute Gasteiger partial charge is 0.193 e. The summed E-state index contributed by atoms with van der Waals surface area (Å²) in [4.78, 5) is 4.24. The lowest BCUT2D eigenvalue weighted by atomic mass is 10.1. The summed E-state index contributed by atoms with van der Waals surface area (Å²) in [5.41, 5.74) is 7.49. The van der Waals surface area contributed by atoms with Crippen LogP contribution in [0.15, 0.2) is 15.5 Å². The van der Waals surface area contributed by atoms with Crippen LogP contribution in [-0.2, 0) is 0 Å². The fourth-order valence-corrected chi connectivity index (χ4v) is 1.54. The second kappa shape index (κ2) is 4.87. The summed E-state index contributed by atoms with van der Waals surface area (Å²) >= 11 is 0. The van der Waals surface area contributed by atoms with Crippen molar-refractivity contribution in [3.05, 3.63) is 11.8 Å². The standard InChI is InChI=1S/C11H19N3O/c1-5-14-8-6-9(12)15-11(8)10(13-4)7(2)3/h6-7,14H,5,12H2,1-4H3. The maximum atomic E-state index is 5.64. The van der Waals surface area contributed by atoms with Crippen LogP contribution in [0.5, 0.6) is 0 Å². The number of nitrogen functional groups attached to an aromatic ring is 1. The second-order valence-electron chi connectivity index (χ2n) is 3.69. The minimum absolute atomic E-state index is 0.318. The normalized spacial score (nSPS) is 12.2. The van der Waals surface area contributed by atoms with Gasteiger partial charge in [-0.15, -0.1) is 0 Å². The van der Waals surface area contributed by atoms with E-state index in [1.807, 2.05) is 6.92 Å². The highest BCUT2D eigenvalue weighted by Crippen LogP contribution is 2.25. The van der Waals surface area contributed by atoms with Crippen molar-refractivity contribution in [2.24, 2.45) is 10.9 Å². The lowest BCUT2D eigenvalue weighted by Gasteiger charge is -2.09. The fourth-order valence-electron chi connectivity index (χ4n) is 1.54. The minimum Gasteiger partial charge on any atom is -0.437 e. The third-order valence-corrected chi connectivity index (χ3v) is 2.14. The average molecular weight is 209 g/mol. The molecule has 0 amide bonds. The Morgan fingerprint density at radius 2 is 2.27 bits per heavy atom. The Morgan fingerprint density at radius 1 is 1.60 bits per heavy atom. The first kappa shape index (κ1) is 11.6. The molecule has 0 aromatic carbocycles. The van der Waals surface area contributed by atoms with Crippen LogP contribution in [0.1, 0.15) is 26.5 Å². The molecule has 0 atom stereocenters. The minimum atomic E-state index is 0.318. The molecule has 1 rings (SSSR count). The van der Waals surface area contributed by atoms with Crippen LogP contribution >= 0.6 is 0 Å². The molecule has 84 valence electrons. The highest BCUT2D eigenvalue weighted by molar-refractivity contribution is 6.04. The largest absolute Gasteiger partial charge is 0.437 e. The van der Waals surface area contributed by atoms with Gasteiger partial charge < -0.3 is 15.5 Å². The molecule has 15 heavy (non-hydrogen) atoms. The van der Waals surface area contributed by atoms with Crippen LogP contribution in [0.3, 0.4) is 0 Å². The van der Waals surface area contributed by atoms with Crippen molar-refractivity contribution in [2.75, 3.05) is 24.6 Å². The molecule has 1 aromatic heterocycles. The number of nitrogens with one attached hydrogen (secondary N) is 1. The van der Waals surface area contributed by atoms with Gasteiger partial charge in [0.05, 0.1) is 11.4 Å². The Morgan fingerprint density at radius 3 is 2.73 bits per heavy atom. The Bertz CT molecular complexity index is 353. The van der Waals surface area contributed by atoms with Gasteiger partial charge in [-0.3, -0.25) is 4.99 Å². The van der Waals surface area contributed by atoms with Crippen LogP contribution in [0.25, 0.3) is 0 Å². The van der Waals surface area contributed by atoms with E-state index in [1.165, 1.54) is 0 Å². The molecule has 0 fully saturated rings. The molecule has 3 N–H and O–H groups in total. The first-order valence-corrected chi connectivity index (χ1v) is 5.20. The van der Waals surface area contributed by atoms with Gasteiger partial charge >= 0.3 is 0 Å². The quantitative estimate of drug-likeness (QED) is 0.748. The molecule has 1 aromatic rings. The molecule has 0 bridgehead atoms. The van der Waals surface area contributed by atoms with Gasteiger partial charge in [0.1, 0.15) is 0 Å². The number of rotatable bonds is 4. The van der Waals surface area contributed by atoms with E-state index in [4.69, 9.17) is 10.2 Å². The highest BCUT2D eigenvalue weighted by Gasteiger charge is 2.17. The number of nitrogens with zero attached hydrogens (tertiary/aromatic N) is 1. The molecule has 0 aliphatic carbocycles. The van der Waals surface area contributed by atoms with Crippen molar-refractivity contribution < 1.29 is 4.42 Å². The van der Waals surface area contributed by atoms with Gasteiger partial charge in [-0.25, -0.2) is 0 Å². The van der Waals surface area contributed by atoms with Crippen LogP contribution in [0, 0.1) is 5.92 Å². The monoisotopic (exact) mass is 209 g/mol. The Balaban J connectivity index is 3.11. The van der Waals surface area contributed by atoms with Gasteiger partial charge in [-0.2, -0.15) is 0 Å². The SMILES string of the molecule is CCNc1cc(N)oc1C(=NC)C(C)C. The number of hydrogen-bond donors (Lipinski definition) is 2. The summed E-state index contributed by atoms with van der Waals surface area (Å²) in [6.45, 7) is 7.03. The molecule has 0 spiro atoms. The molecule has 4 heteroatoms. The second-order valence-corrected chi connectivity index (χ2v) is 3.69. The number of furan rings is 1. The van der Waals surface area contributed by atoms with Crippen LogP contribution < -0.4 is 11.1 Å². The molecule has 4 nitrogen and oxygen atoms in total. The summed E-state index contributed by atoms with van der Waals surface area (Å²) in [6.07, 6.45) is 0. The van der Waals surface area contributed by atoms with Crippen molar-refractivity contribution in [3.8, 4) is 0 Å². The number of nitrogens with two attached hydrogens (primary N) is 1. The van der Waals surface area contributed by atoms with E-state index >= 15 is 0 Å². The van der Waals surface area contributed by atoms with Crippen LogP contribution in [-0.4, -0.2) is 19.3 Å². The van der Waals surface area contributed by atoms with Crippen molar-refractivity contribution in [1.29, 1.82) is 0 Å². The summed E-state index contributed by atoms with van der Waals surface area (Å²) in [5, 5.41) is 3.21. The molecular formula is C11H19N3O. The predicted molar refractivity (Wildman–Crippen MR) is 64.6 cm³/mol. The van der Waals surface area contributed by atoms with E-state index in [0.29, 0.717) is 11.8 Å². The number of aliphatic imine (C=N–C) groups is 1. The number of hydrogen-bond acceptors (Lipinski definition) is 4. The molecule has 0 unspecified atom stereocenters. The van der Waals surface area contributed by atoms with Crippen molar-refractivity contribution >= 4 is 17.3 Å². The molecular weight excluding hydrogens is 190 g/mol. The average Bonchev–Trinajstić information content (AvgIpc) is 2.48. The molecule has 0 radical (unpaired) electrons. The molecule has 0 saturated carbocycles. The van der Waals surface area contributed by atoms with Gasteiger partial charge in [0, 0.05) is 19.7 Å². The first-order chi connectivity index (χ1) is 7.10. The van der Waals surface area contributed by atoms with E-state index in [2.05, 4.69) is 24.2 Å². The Kier molecular flexibility index (Phi) is 3.77. The van der Waals surface area contributed by atoms with Gasteiger partial charge in [0.2, 0.25) is 0 Å². The summed E-state index contributed by atoms with van der Waals surface area (Å²) in [7, 11) is 1.77. The van der Waals surface area contributed by atoms with Gasteiger partial charge in [-0.05, 0) is 12.8 Å². The summed E-state index contributed by atoms with van der Waals surface area (Å²) < 4.78 is 5.47. The van der Waals surface area contributed by atoms with Gasteiger partial charge in [-0.1, -0.05) is 13.8 Å². The lowest BCUT2D eigenvalue weighted by Crippen LogP contribution is -2.11. The third kappa shape index (κ3) is 2.52. The Labute approximate surface area is 90.6 Å². The first-order valence-electron chi connectivity index (χ1n) is 5.20. The zero-order valence-corrected chi connectivity index (χ0v) is 9.79. The zero-order chi connectivity index (χ0) is 11.4. The van der Waals surface area contributed by atoms with Crippen LogP contribution in [0.2, 0.25) is 0 Å². The Hall–Kier alpha value is -1.45. The zero-order valence-electron chi connectivity index (χ0n) is 9.79. The lowest BCUT2D eigenvalue weighted by molar-refractivity contribution is 0.572. The predicted octanol–water partition coefficient (Wildman–Crippen LogP) is 2.37. The number of anilines is 2. The molecule has 0 saturated heterocycles.